The molecule has 5 heteroatoms. The molecular formula is C8H16N2O3. The highest BCUT2D eigenvalue weighted by molar-refractivity contribution is 5.86. The van der Waals surface area contributed by atoms with Crippen LogP contribution in [0.15, 0.2) is 0 Å². The first kappa shape index (κ1) is 11.9. The smallest absolute Gasteiger partial charge is 0.249 e. The van der Waals surface area contributed by atoms with Crippen molar-refractivity contribution in [2.75, 3.05) is 6.54 Å². The predicted molar refractivity (Wildman–Crippen MR) is 47.7 cm³/mol. The van der Waals surface area contributed by atoms with Crippen LogP contribution in [-0.4, -0.2) is 29.6 Å². The van der Waals surface area contributed by atoms with Crippen LogP contribution in [0.2, 0.25) is 0 Å². The van der Waals surface area contributed by atoms with Gasteiger partial charge in [-0.05, 0) is 5.92 Å². The van der Waals surface area contributed by atoms with Gasteiger partial charge in [0.25, 0.3) is 0 Å². The van der Waals surface area contributed by atoms with Crippen LogP contribution in [0.5, 0.6) is 0 Å². The van der Waals surface area contributed by atoms with Crippen LogP contribution in [0.4, 0.5) is 0 Å². The number of nitrogens with two attached hydrogens (primary N) is 1. The van der Waals surface area contributed by atoms with Crippen molar-refractivity contribution in [3.8, 4) is 0 Å². The minimum atomic E-state index is -1.32. The number of rotatable bonds is 5. The topological polar surface area (TPSA) is 92.4 Å². The van der Waals surface area contributed by atoms with Gasteiger partial charge in [0, 0.05) is 6.54 Å². The molecule has 13 heavy (non-hydrogen) atoms. The molecule has 0 aliphatic carbocycles. The van der Waals surface area contributed by atoms with Gasteiger partial charge in [0.05, 0.1) is 6.42 Å². The Balaban J connectivity index is 3.76. The predicted octanol–water partition coefficient (Wildman–Crippen LogP) is -1.01. The third kappa shape index (κ3) is 6.10. The quantitative estimate of drug-likeness (QED) is 0.516. The molecule has 0 spiro atoms. The molecule has 0 rings (SSSR count). The number of hydrogen-bond donors (Lipinski definition) is 3. The molecule has 0 saturated carbocycles. The lowest BCUT2D eigenvalue weighted by molar-refractivity contribution is -0.133. The van der Waals surface area contributed by atoms with E-state index < -0.39 is 17.9 Å². The summed E-state index contributed by atoms with van der Waals surface area (Å²) in [5.74, 6) is -0.926. The summed E-state index contributed by atoms with van der Waals surface area (Å²) in [7, 11) is 0. The van der Waals surface area contributed by atoms with E-state index >= 15 is 0 Å². The second-order valence-corrected chi connectivity index (χ2v) is 3.33. The molecule has 0 radical (unpaired) electrons. The Morgan fingerprint density at radius 1 is 1.46 bits per heavy atom. The zero-order chi connectivity index (χ0) is 10.4. The summed E-state index contributed by atoms with van der Waals surface area (Å²) >= 11 is 0. The number of carbonyl (C=O) groups excluding carboxylic acids is 2. The second kappa shape index (κ2) is 5.53. The highest BCUT2D eigenvalue weighted by atomic mass is 16.3. The second-order valence-electron chi connectivity index (χ2n) is 3.33. The van der Waals surface area contributed by atoms with Gasteiger partial charge in [0.15, 0.2) is 0 Å². The minimum absolute atomic E-state index is 0.310. The van der Waals surface area contributed by atoms with E-state index in [2.05, 4.69) is 5.32 Å². The maximum Gasteiger partial charge on any atom is 0.249 e. The molecule has 4 N–H and O–H groups in total. The summed E-state index contributed by atoms with van der Waals surface area (Å²) in [6.07, 6.45) is -1.65. The Labute approximate surface area is 77.3 Å². The average Bonchev–Trinajstić information content (AvgIpc) is 1.98. The van der Waals surface area contributed by atoms with E-state index in [0.29, 0.717) is 12.5 Å². The maximum atomic E-state index is 11.0. The SMILES string of the molecule is CC(C)CNC(=O)C(O)CC(N)=O. The molecule has 1 unspecified atom stereocenters. The number of aliphatic hydroxyl groups is 1. The number of aliphatic hydroxyl groups excluding tert-OH is 1. The van der Waals surface area contributed by atoms with Crippen LogP contribution in [0, 0.1) is 5.92 Å². The molecule has 0 heterocycles. The monoisotopic (exact) mass is 188 g/mol. The van der Waals surface area contributed by atoms with Crippen LogP contribution in [0.3, 0.4) is 0 Å². The van der Waals surface area contributed by atoms with Crippen LogP contribution in [-0.2, 0) is 9.59 Å². The summed E-state index contributed by atoms with van der Waals surface area (Å²) in [4.78, 5) is 21.3. The third-order valence-corrected chi connectivity index (χ3v) is 1.38. The highest BCUT2D eigenvalue weighted by Crippen LogP contribution is 1.92. The van der Waals surface area contributed by atoms with Crippen LogP contribution in [0.25, 0.3) is 0 Å². The molecular weight excluding hydrogens is 172 g/mol. The first-order chi connectivity index (χ1) is 5.93. The number of carbonyl (C=O) groups is 2. The van der Waals surface area contributed by atoms with Gasteiger partial charge in [-0.3, -0.25) is 9.59 Å². The number of hydrogen-bond acceptors (Lipinski definition) is 3. The number of amides is 2. The van der Waals surface area contributed by atoms with Gasteiger partial charge in [-0.2, -0.15) is 0 Å². The zero-order valence-corrected chi connectivity index (χ0v) is 7.91. The van der Waals surface area contributed by atoms with E-state index in [1.807, 2.05) is 13.8 Å². The number of primary amides is 1. The zero-order valence-electron chi connectivity index (χ0n) is 7.91. The standard InChI is InChI=1S/C8H16N2O3/c1-5(2)4-10-8(13)6(11)3-7(9)12/h5-6,11H,3-4H2,1-2H3,(H2,9,12)(H,10,13). The van der Waals surface area contributed by atoms with Crippen LogP contribution < -0.4 is 11.1 Å². The van der Waals surface area contributed by atoms with Crippen molar-refractivity contribution in [3.05, 3.63) is 0 Å². The van der Waals surface area contributed by atoms with Gasteiger partial charge in [0.1, 0.15) is 6.10 Å². The Morgan fingerprint density at radius 2 is 2.00 bits per heavy atom. The van der Waals surface area contributed by atoms with Gasteiger partial charge in [-0.25, -0.2) is 0 Å². The van der Waals surface area contributed by atoms with Crippen molar-refractivity contribution in [2.45, 2.75) is 26.4 Å². The lowest BCUT2D eigenvalue weighted by Crippen LogP contribution is -2.38. The summed E-state index contributed by atoms with van der Waals surface area (Å²) in [6.45, 7) is 4.34. The molecule has 0 aliphatic rings. The van der Waals surface area contributed by atoms with Crippen molar-refractivity contribution < 1.29 is 14.7 Å². The molecule has 0 aliphatic heterocycles. The normalized spacial score (nSPS) is 12.6. The van der Waals surface area contributed by atoms with E-state index in [0.717, 1.165) is 0 Å². The number of nitrogens with one attached hydrogen (secondary N) is 1. The fraction of sp³-hybridized carbons (Fsp3) is 0.750. The van der Waals surface area contributed by atoms with Gasteiger partial charge in [-0.1, -0.05) is 13.8 Å². The van der Waals surface area contributed by atoms with E-state index in [9.17, 15) is 9.59 Å². The van der Waals surface area contributed by atoms with E-state index in [4.69, 9.17) is 10.8 Å². The molecule has 0 fully saturated rings. The van der Waals surface area contributed by atoms with Crippen molar-refractivity contribution in [1.82, 2.24) is 5.32 Å². The summed E-state index contributed by atoms with van der Waals surface area (Å²) in [6, 6.07) is 0. The Bertz CT molecular complexity index is 192. The molecule has 0 aromatic rings. The summed E-state index contributed by atoms with van der Waals surface area (Å²) in [5, 5.41) is 11.6. The largest absolute Gasteiger partial charge is 0.383 e. The Hall–Kier alpha value is -1.10. The molecule has 0 aromatic heterocycles. The van der Waals surface area contributed by atoms with Crippen molar-refractivity contribution in [2.24, 2.45) is 11.7 Å². The minimum Gasteiger partial charge on any atom is -0.383 e. The lowest BCUT2D eigenvalue weighted by Gasteiger charge is -2.10. The first-order valence-electron chi connectivity index (χ1n) is 4.17. The van der Waals surface area contributed by atoms with E-state index in [-0.39, 0.29) is 6.42 Å². The van der Waals surface area contributed by atoms with E-state index in [1.54, 1.807) is 0 Å². The first-order valence-corrected chi connectivity index (χ1v) is 4.17. The fourth-order valence-corrected chi connectivity index (χ4v) is 0.706. The molecule has 0 bridgehead atoms. The van der Waals surface area contributed by atoms with Gasteiger partial charge >= 0.3 is 0 Å². The van der Waals surface area contributed by atoms with Crippen LogP contribution >= 0.6 is 0 Å². The molecule has 0 aromatic carbocycles. The Morgan fingerprint density at radius 3 is 2.38 bits per heavy atom. The lowest BCUT2D eigenvalue weighted by atomic mass is 10.2. The van der Waals surface area contributed by atoms with Gasteiger partial charge < -0.3 is 16.2 Å². The summed E-state index contributed by atoms with van der Waals surface area (Å²) < 4.78 is 0. The molecule has 1 atom stereocenters. The van der Waals surface area contributed by atoms with Crippen LogP contribution in [0.1, 0.15) is 20.3 Å². The average molecular weight is 188 g/mol. The highest BCUT2D eigenvalue weighted by Gasteiger charge is 2.16. The molecule has 76 valence electrons. The molecule has 5 nitrogen and oxygen atoms in total. The van der Waals surface area contributed by atoms with Crippen molar-refractivity contribution in [1.29, 1.82) is 0 Å². The molecule has 0 saturated heterocycles. The van der Waals surface area contributed by atoms with E-state index in [1.165, 1.54) is 0 Å². The maximum absolute atomic E-state index is 11.0. The molecule has 2 amide bonds. The third-order valence-electron chi connectivity index (χ3n) is 1.38. The van der Waals surface area contributed by atoms with Crippen molar-refractivity contribution in [3.63, 3.8) is 0 Å². The van der Waals surface area contributed by atoms with Gasteiger partial charge in [-0.15, -0.1) is 0 Å². The van der Waals surface area contributed by atoms with Gasteiger partial charge in [0.2, 0.25) is 11.8 Å². The fourth-order valence-electron chi connectivity index (χ4n) is 0.706. The Kier molecular flexibility index (Phi) is 5.06. The van der Waals surface area contributed by atoms with Crippen molar-refractivity contribution >= 4 is 11.8 Å². The summed E-state index contributed by atoms with van der Waals surface area (Å²) in [5.41, 5.74) is 4.81.